The fourth-order valence-electron chi connectivity index (χ4n) is 2.78. The Morgan fingerprint density at radius 1 is 1.14 bits per heavy atom. The van der Waals surface area contributed by atoms with E-state index in [1.54, 1.807) is 18.2 Å². The zero-order valence-corrected chi connectivity index (χ0v) is 13.0. The van der Waals surface area contributed by atoms with E-state index in [0.717, 1.165) is 29.7 Å². The van der Waals surface area contributed by atoms with Crippen molar-refractivity contribution in [3.05, 3.63) is 53.1 Å². The molecule has 21 heavy (non-hydrogen) atoms. The van der Waals surface area contributed by atoms with Gasteiger partial charge in [0, 0.05) is 12.5 Å². The molecule has 5 heteroatoms. The second kappa shape index (κ2) is 6.37. The Bertz CT molecular complexity index is 649. The zero-order valence-electron chi connectivity index (χ0n) is 11.3. The second-order valence-corrected chi connectivity index (χ2v) is 5.10. The highest BCUT2D eigenvalue weighted by atomic mass is 79.9. The molecule has 1 aliphatic heterocycles. The predicted molar refractivity (Wildman–Crippen MR) is 84.8 cm³/mol. The first-order valence-electron chi connectivity index (χ1n) is 6.65. The maximum absolute atomic E-state index is 11.7. The van der Waals surface area contributed by atoms with Crippen LogP contribution in [0.2, 0.25) is 0 Å². The first-order valence-corrected chi connectivity index (χ1v) is 6.65. The average Bonchev–Trinajstić information content (AvgIpc) is 2.62. The quantitative estimate of drug-likeness (QED) is 0.601. The van der Waals surface area contributed by atoms with Crippen LogP contribution in [0.1, 0.15) is 17.9 Å². The van der Waals surface area contributed by atoms with Gasteiger partial charge in [-0.05, 0) is 54.0 Å². The van der Waals surface area contributed by atoms with Crippen LogP contribution < -0.4 is 5.32 Å². The third-order valence-electron chi connectivity index (χ3n) is 3.77. The van der Waals surface area contributed by atoms with Crippen molar-refractivity contribution in [2.24, 2.45) is 0 Å². The Labute approximate surface area is 133 Å². The summed E-state index contributed by atoms with van der Waals surface area (Å²) >= 11 is 0. The van der Waals surface area contributed by atoms with Gasteiger partial charge in [-0.1, -0.05) is 12.1 Å². The van der Waals surface area contributed by atoms with E-state index >= 15 is 0 Å². The molecule has 110 valence electrons. The minimum absolute atomic E-state index is 0. The molecule has 0 amide bonds. The average molecular weight is 350 g/mol. The van der Waals surface area contributed by atoms with Gasteiger partial charge in [0.05, 0.1) is 0 Å². The van der Waals surface area contributed by atoms with Crippen molar-refractivity contribution in [3.63, 3.8) is 0 Å². The number of fused-ring (bicyclic) bond motifs is 1. The number of halogens is 1. The van der Waals surface area contributed by atoms with E-state index in [9.17, 15) is 14.7 Å². The lowest BCUT2D eigenvalue weighted by atomic mass is 9.82. The lowest BCUT2D eigenvalue weighted by Gasteiger charge is -2.21. The summed E-state index contributed by atoms with van der Waals surface area (Å²) < 4.78 is 0. The number of carbonyl (C=O) groups is 2. The van der Waals surface area contributed by atoms with Crippen molar-refractivity contribution in [2.45, 2.75) is 12.3 Å². The first kappa shape index (κ1) is 15.7. The maximum atomic E-state index is 11.7. The summed E-state index contributed by atoms with van der Waals surface area (Å²) in [6.45, 7) is 1.47. The summed E-state index contributed by atoms with van der Waals surface area (Å²) in [6.07, 6.45) is 3.65. The number of nitrogens with one attached hydrogen (secondary N) is 1. The minimum Gasteiger partial charge on any atom is -0.508 e. The molecule has 0 saturated carbocycles. The van der Waals surface area contributed by atoms with Crippen LogP contribution in [-0.4, -0.2) is 29.8 Å². The van der Waals surface area contributed by atoms with Crippen molar-refractivity contribution >= 4 is 28.5 Å². The largest absolute Gasteiger partial charge is 0.508 e. The number of phenolic OH excluding ortho intramolecular Hbond substituents is 1. The van der Waals surface area contributed by atoms with E-state index in [1.165, 1.54) is 12.2 Å². The van der Waals surface area contributed by atoms with Crippen LogP contribution in [0.15, 0.2) is 47.6 Å². The number of allylic oxidation sites excluding steroid dienone is 2. The highest BCUT2D eigenvalue weighted by Gasteiger charge is 2.28. The summed E-state index contributed by atoms with van der Waals surface area (Å²) in [6, 6.07) is 7.04. The van der Waals surface area contributed by atoms with Gasteiger partial charge in [0.2, 0.25) is 11.6 Å². The number of aromatic hydroxyl groups is 1. The van der Waals surface area contributed by atoms with Gasteiger partial charge in [-0.15, -0.1) is 17.0 Å². The molecule has 2 aliphatic rings. The Kier molecular flexibility index (Phi) is 4.75. The van der Waals surface area contributed by atoms with E-state index in [0.29, 0.717) is 6.54 Å². The van der Waals surface area contributed by atoms with E-state index in [1.807, 2.05) is 6.07 Å². The normalized spacial score (nSPS) is 21.6. The van der Waals surface area contributed by atoms with Gasteiger partial charge in [0.25, 0.3) is 0 Å². The second-order valence-electron chi connectivity index (χ2n) is 5.10. The minimum atomic E-state index is -0.462. The number of benzene rings is 1. The smallest absolute Gasteiger partial charge is 0.226 e. The summed E-state index contributed by atoms with van der Waals surface area (Å²) in [5.74, 6) is -0.722. The number of hydrogen-bond donors (Lipinski definition) is 2. The Hall–Kier alpha value is -1.72. The molecule has 2 N–H and O–H groups in total. The van der Waals surface area contributed by atoms with Gasteiger partial charge >= 0.3 is 0 Å². The Balaban J connectivity index is 0.00000161. The summed E-state index contributed by atoms with van der Waals surface area (Å²) in [4.78, 5) is 23.2. The van der Waals surface area contributed by atoms with Crippen molar-refractivity contribution in [3.8, 4) is 5.75 Å². The molecule has 1 aromatic rings. The fourth-order valence-corrected chi connectivity index (χ4v) is 2.78. The van der Waals surface area contributed by atoms with Crippen molar-refractivity contribution in [1.29, 1.82) is 0 Å². The van der Waals surface area contributed by atoms with Crippen LogP contribution in [0.3, 0.4) is 0 Å². The fraction of sp³-hybridized carbons (Fsp3) is 0.250. The van der Waals surface area contributed by atoms with Gasteiger partial charge < -0.3 is 10.4 Å². The summed E-state index contributed by atoms with van der Waals surface area (Å²) in [7, 11) is 0. The Morgan fingerprint density at radius 2 is 1.90 bits per heavy atom. The van der Waals surface area contributed by atoms with Gasteiger partial charge in [0.15, 0.2) is 0 Å². The summed E-state index contributed by atoms with van der Waals surface area (Å²) in [5, 5.41) is 12.9. The monoisotopic (exact) mass is 349 g/mol. The Morgan fingerprint density at radius 3 is 2.67 bits per heavy atom. The topological polar surface area (TPSA) is 66.4 Å². The van der Waals surface area contributed by atoms with Crippen LogP contribution in [0.4, 0.5) is 0 Å². The molecule has 0 radical (unpaired) electrons. The molecule has 3 rings (SSSR count). The SMILES string of the molecule is Br.O=C1C=C2CCNCC(c3cccc(O)c3)C2=CC1=O. The van der Waals surface area contributed by atoms with Crippen molar-refractivity contribution in [1.82, 2.24) is 5.32 Å². The summed E-state index contributed by atoms with van der Waals surface area (Å²) in [5.41, 5.74) is 2.76. The van der Waals surface area contributed by atoms with Gasteiger partial charge in [-0.3, -0.25) is 9.59 Å². The molecule has 1 atom stereocenters. The third-order valence-corrected chi connectivity index (χ3v) is 3.77. The first-order chi connectivity index (χ1) is 9.65. The van der Waals surface area contributed by atoms with Gasteiger partial charge in [-0.25, -0.2) is 0 Å². The van der Waals surface area contributed by atoms with Crippen molar-refractivity contribution in [2.75, 3.05) is 13.1 Å². The number of ketones is 2. The van der Waals surface area contributed by atoms with E-state index in [4.69, 9.17) is 0 Å². The molecule has 1 fully saturated rings. The lowest BCUT2D eigenvalue weighted by Crippen LogP contribution is -2.21. The molecule has 0 spiro atoms. The molecule has 1 aliphatic carbocycles. The van der Waals surface area contributed by atoms with Crippen molar-refractivity contribution < 1.29 is 14.7 Å². The number of rotatable bonds is 1. The van der Waals surface area contributed by atoms with Crippen LogP contribution >= 0.6 is 17.0 Å². The molecule has 1 aromatic carbocycles. The predicted octanol–water partition coefficient (Wildman–Crippen LogP) is 2.05. The molecule has 1 heterocycles. The molecular weight excluding hydrogens is 334 g/mol. The standard InChI is InChI=1S/C16H15NO3.BrH/c18-12-3-1-2-10(6-12)14-9-17-5-4-11-7-15(19)16(20)8-13(11)14;/h1-3,6-8,14,17-18H,4-5,9H2;1H. The van der Waals surface area contributed by atoms with Crippen LogP contribution in [0, 0.1) is 0 Å². The van der Waals surface area contributed by atoms with Gasteiger partial charge in [0.1, 0.15) is 5.75 Å². The van der Waals surface area contributed by atoms with Crippen LogP contribution in [0.5, 0.6) is 5.75 Å². The number of carbonyl (C=O) groups excluding carboxylic acids is 2. The highest BCUT2D eigenvalue weighted by Crippen LogP contribution is 2.35. The van der Waals surface area contributed by atoms with Crippen LogP contribution in [-0.2, 0) is 9.59 Å². The van der Waals surface area contributed by atoms with Gasteiger partial charge in [-0.2, -0.15) is 0 Å². The maximum Gasteiger partial charge on any atom is 0.226 e. The molecular formula is C16H16BrNO3. The van der Waals surface area contributed by atoms with Crippen LogP contribution in [0.25, 0.3) is 0 Å². The molecule has 0 aromatic heterocycles. The van der Waals surface area contributed by atoms with E-state index in [2.05, 4.69) is 5.32 Å². The van der Waals surface area contributed by atoms with E-state index < -0.39 is 11.6 Å². The zero-order chi connectivity index (χ0) is 14.1. The third kappa shape index (κ3) is 3.14. The molecule has 4 nitrogen and oxygen atoms in total. The highest BCUT2D eigenvalue weighted by molar-refractivity contribution is 8.93. The molecule has 1 unspecified atom stereocenters. The lowest BCUT2D eigenvalue weighted by molar-refractivity contribution is -0.131. The molecule has 1 saturated heterocycles. The number of hydrogen-bond acceptors (Lipinski definition) is 4. The molecule has 0 bridgehead atoms. The van der Waals surface area contributed by atoms with E-state index in [-0.39, 0.29) is 28.6 Å². The number of phenols is 1.